The number of carbonyl (C=O) groups is 1. The second-order valence-corrected chi connectivity index (χ2v) is 8.88. The molecule has 1 aromatic rings. The summed E-state index contributed by atoms with van der Waals surface area (Å²) in [5, 5.41) is 3.66. The van der Waals surface area contributed by atoms with Crippen LogP contribution in [-0.4, -0.2) is 35.5 Å². The van der Waals surface area contributed by atoms with Crippen molar-refractivity contribution < 1.29 is 18.7 Å². The van der Waals surface area contributed by atoms with Crippen molar-refractivity contribution in [3.8, 4) is 5.75 Å². The molecule has 1 N–H and O–H groups in total. The first-order valence-corrected chi connectivity index (χ1v) is 11.5. The van der Waals surface area contributed by atoms with E-state index in [1.807, 2.05) is 13.8 Å². The van der Waals surface area contributed by atoms with Gasteiger partial charge in [-0.2, -0.15) is 0 Å². The molecular weight excluding hydrogens is 404 g/mol. The molecule has 0 spiro atoms. The highest BCUT2D eigenvalue weighted by atomic mass is 32.2. The Hall–Kier alpha value is -2.22. The first kappa shape index (κ1) is 22.5. The zero-order valence-electron chi connectivity index (χ0n) is 17.9. The maximum absolute atomic E-state index is 13.1. The van der Waals surface area contributed by atoms with Gasteiger partial charge in [0.1, 0.15) is 27.9 Å². The number of nitrogens with zero attached hydrogens (tertiary/aromatic N) is 1. The molecule has 2 heterocycles. The lowest BCUT2D eigenvalue weighted by Crippen LogP contribution is -2.45. The van der Waals surface area contributed by atoms with Gasteiger partial charge in [-0.1, -0.05) is 19.9 Å². The van der Waals surface area contributed by atoms with E-state index >= 15 is 0 Å². The maximum atomic E-state index is 13.1. The summed E-state index contributed by atoms with van der Waals surface area (Å²) in [7, 11) is 0. The second kappa shape index (κ2) is 9.73. The number of nitrogens with one attached hydrogen (secondary N) is 1. The molecule has 0 aromatic carbocycles. The fourth-order valence-electron chi connectivity index (χ4n) is 3.11. The zero-order valence-corrected chi connectivity index (χ0v) is 18.7. The molecule has 8 heteroatoms. The van der Waals surface area contributed by atoms with Crippen LogP contribution in [0.15, 0.2) is 38.7 Å². The zero-order chi connectivity index (χ0) is 21.7. The Balaban J connectivity index is 1.74. The number of aliphatic imine (C=N–C) groups is 1. The average molecular weight is 435 g/mol. The van der Waals surface area contributed by atoms with Gasteiger partial charge in [-0.25, -0.2) is 4.79 Å². The van der Waals surface area contributed by atoms with Gasteiger partial charge in [-0.15, -0.1) is 11.8 Å². The van der Waals surface area contributed by atoms with Crippen LogP contribution < -0.4 is 15.7 Å². The van der Waals surface area contributed by atoms with Crippen molar-refractivity contribution in [2.24, 2.45) is 10.9 Å². The number of carbonyl (C=O) groups excluding carboxylic acids is 1. The van der Waals surface area contributed by atoms with E-state index in [1.54, 1.807) is 13.0 Å². The number of hydrogen-bond acceptors (Lipinski definition) is 7. The van der Waals surface area contributed by atoms with Gasteiger partial charge in [0.2, 0.25) is 5.91 Å². The van der Waals surface area contributed by atoms with Gasteiger partial charge in [-0.05, 0) is 39.0 Å². The Kier molecular flexibility index (Phi) is 7.28. The molecule has 1 saturated carbocycles. The molecule has 1 aliphatic carbocycles. The van der Waals surface area contributed by atoms with Crippen LogP contribution in [0.5, 0.6) is 5.75 Å². The van der Waals surface area contributed by atoms with Crippen LogP contribution in [0.4, 0.5) is 0 Å². The maximum Gasteiger partial charge on any atom is 0.339 e. The van der Waals surface area contributed by atoms with E-state index in [4.69, 9.17) is 13.9 Å². The summed E-state index contributed by atoms with van der Waals surface area (Å²) in [6.45, 7) is 10.7. The molecular formula is C22H30N2O5S. The lowest BCUT2D eigenvalue weighted by atomic mass is 10.0. The largest absolute Gasteiger partial charge is 0.493 e. The van der Waals surface area contributed by atoms with Gasteiger partial charge in [0.25, 0.3) is 0 Å². The highest BCUT2D eigenvalue weighted by Gasteiger charge is 2.40. The van der Waals surface area contributed by atoms with E-state index in [2.05, 4.69) is 16.9 Å². The molecule has 2 atom stereocenters. The molecule has 164 valence electrons. The first-order chi connectivity index (χ1) is 14.3. The number of ether oxygens (including phenoxy) is 2. The van der Waals surface area contributed by atoms with Crippen LogP contribution in [-0.2, 0) is 9.53 Å². The number of thioether (sulfide) groups is 1. The Morgan fingerprint density at radius 2 is 2.20 bits per heavy atom. The van der Waals surface area contributed by atoms with Crippen molar-refractivity contribution in [1.82, 2.24) is 5.32 Å². The summed E-state index contributed by atoms with van der Waals surface area (Å²) in [6, 6.07) is 2.62. The number of hydrogen-bond donors (Lipinski definition) is 1. The first-order valence-electron chi connectivity index (χ1n) is 10.5. The summed E-state index contributed by atoms with van der Waals surface area (Å²) in [4.78, 5) is 29.7. The quantitative estimate of drug-likeness (QED) is 0.532. The van der Waals surface area contributed by atoms with Gasteiger partial charge in [0.05, 0.1) is 25.3 Å². The van der Waals surface area contributed by atoms with Crippen molar-refractivity contribution in [2.45, 2.75) is 58.0 Å². The van der Waals surface area contributed by atoms with Gasteiger partial charge < -0.3 is 19.2 Å². The van der Waals surface area contributed by atoms with Gasteiger partial charge in [0.15, 0.2) is 0 Å². The second-order valence-electron chi connectivity index (χ2n) is 7.92. The van der Waals surface area contributed by atoms with Crippen LogP contribution in [0.1, 0.15) is 58.3 Å². The summed E-state index contributed by atoms with van der Waals surface area (Å²) in [6.07, 6.45) is 3.77. The Morgan fingerprint density at radius 3 is 2.87 bits per heavy atom. The van der Waals surface area contributed by atoms with Crippen LogP contribution >= 0.6 is 11.8 Å². The molecule has 7 nitrogen and oxygen atoms in total. The van der Waals surface area contributed by atoms with Gasteiger partial charge in [0, 0.05) is 11.8 Å². The van der Waals surface area contributed by atoms with E-state index in [0.717, 1.165) is 19.3 Å². The Morgan fingerprint density at radius 1 is 1.43 bits per heavy atom. The molecule has 30 heavy (non-hydrogen) atoms. The summed E-state index contributed by atoms with van der Waals surface area (Å²) < 4.78 is 16.6. The van der Waals surface area contributed by atoms with Crippen LogP contribution in [0, 0.1) is 5.92 Å². The molecule has 0 saturated heterocycles. The highest BCUT2D eigenvalue weighted by Crippen LogP contribution is 2.33. The molecule has 0 bridgehead atoms. The topological polar surface area (TPSA) is 90.1 Å². The molecule has 1 aliphatic heterocycles. The average Bonchev–Trinajstić information content (AvgIpc) is 3.45. The molecule has 2 aliphatic rings. The third kappa shape index (κ3) is 5.68. The van der Waals surface area contributed by atoms with E-state index in [-0.39, 0.29) is 5.91 Å². The summed E-state index contributed by atoms with van der Waals surface area (Å²) in [5.41, 5.74) is -1.42. The normalized spacial score (nSPS) is 21.6. The molecule has 1 aromatic heterocycles. The monoisotopic (exact) mass is 434 g/mol. The van der Waals surface area contributed by atoms with Gasteiger partial charge >= 0.3 is 5.63 Å². The lowest BCUT2D eigenvalue weighted by Gasteiger charge is -2.24. The van der Waals surface area contributed by atoms with Crippen LogP contribution in [0.25, 0.3) is 0 Å². The molecule has 3 rings (SSSR count). The minimum atomic E-state index is -0.938. The lowest BCUT2D eigenvalue weighted by molar-refractivity contribution is -0.125. The van der Waals surface area contributed by atoms with E-state index in [0.29, 0.717) is 53.6 Å². The standard InChI is InChI=1S/C22H30N2O5S/c1-5-7-17(18-10-16(11-19(25)29-18)28-12-15-8-9-15)23-21(26)22(4)13-30-20(24-22)14(3)27-6-2/h10-11,15,17H,3,5-9,12-13H2,1-2,4H3,(H,23,26)/t17-,22?/m1/s1. The molecule has 1 amide bonds. The van der Waals surface area contributed by atoms with Crippen LogP contribution in [0.3, 0.4) is 0 Å². The third-order valence-electron chi connectivity index (χ3n) is 5.06. The predicted octanol–water partition coefficient (Wildman–Crippen LogP) is 3.84. The van der Waals surface area contributed by atoms with Crippen molar-refractivity contribution in [3.63, 3.8) is 0 Å². The summed E-state index contributed by atoms with van der Waals surface area (Å²) >= 11 is 1.45. The number of amides is 1. The van der Waals surface area contributed by atoms with Gasteiger partial charge in [-0.3, -0.25) is 9.79 Å². The van der Waals surface area contributed by atoms with Crippen molar-refractivity contribution in [3.05, 3.63) is 40.7 Å². The van der Waals surface area contributed by atoms with Crippen molar-refractivity contribution in [1.29, 1.82) is 0 Å². The minimum absolute atomic E-state index is 0.223. The van der Waals surface area contributed by atoms with Crippen LogP contribution in [0.2, 0.25) is 0 Å². The van der Waals surface area contributed by atoms with E-state index in [1.165, 1.54) is 17.8 Å². The van der Waals surface area contributed by atoms with Crippen molar-refractivity contribution >= 4 is 22.7 Å². The minimum Gasteiger partial charge on any atom is -0.493 e. The van der Waals surface area contributed by atoms with E-state index < -0.39 is 17.2 Å². The molecule has 0 radical (unpaired) electrons. The Labute approximate surface area is 181 Å². The Bertz CT molecular complexity index is 877. The SMILES string of the molecule is C=C(OCC)C1=NC(C)(C(=O)N[C@H](CCC)c2cc(OCC3CC3)cc(=O)o2)CS1. The number of rotatable bonds is 11. The fraction of sp³-hybridized carbons (Fsp3) is 0.591. The predicted molar refractivity (Wildman–Crippen MR) is 118 cm³/mol. The smallest absolute Gasteiger partial charge is 0.339 e. The highest BCUT2D eigenvalue weighted by molar-refractivity contribution is 8.14. The van der Waals surface area contributed by atoms with Crippen molar-refractivity contribution in [2.75, 3.05) is 19.0 Å². The molecule has 1 unspecified atom stereocenters. The molecule has 1 fully saturated rings. The third-order valence-corrected chi connectivity index (χ3v) is 6.36. The summed E-state index contributed by atoms with van der Waals surface area (Å²) in [5.74, 6) is 2.22. The van der Waals surface area contributed by atoms with E-state index in [9.17, 15) is 9.59 Å². The fourth-order valence-corrected chi connectivity index (χ4v) is 4.21.